The van der Waals surface area contributed by atoms with Gasteiger partial charge >= 0.3 is 0 Å². The normalized spacial score (nSPS) is 13.4. The first kappa shape index (κ1) is 12.5. The molecule has 0 heterocycles. The molecule has 0 saturated heterocycles. The molecule has 0 amide bonds. The Balaban J connectivity index is 2.90. The van der Waals surface area contributed by atoms with Gasteiger partial charge in [-0.2, -0.15) is 0 Å². The highest BCUT2D eigenvalue weighted by Gasteiger charge is 2.20. The highest BCUT2D eigenvalue weighted by atomic mass is 28.3. The summed E-state index contributed by atoms with van der Waals surface area (Å²) in [5.41, 5.74) is 5.00. The maximum atomic E-state index is 2.51. The first-order valence-corrected chi connectivity index (χ1v) is 12.2. The van der Waals surface area contributed by atoms with Gasteiger partial charge in [-0.3, -0.25) is 0 Å². The fraction of sp³-hybridized carbons (Fsp3) is 0.385. The Kier molecular flexibility index (Phi) is 3.73. The molecule has 1 rings (SSSR count). The largest absolute Gasteiger partial charge is 0.103 e. The van der Waals surface area contributed by atoms with Crippen LogP contribution in [-0.4, -0.2) is 16.1 Å². The lowest BCUT2D eigenvalue weighted by Crippen LogP contribution is -2.40. The molecule has 2 heteroatoms. The first-order chi connectivity index (χ1) is 6.81. The zero-order valence-corrected chi connectivity index (χ0v) is 12.5. The molecule has 0 N–H and O–H groups in total. The highest BCUT2D eigenvalue weighted by molar-refractivity contribution is 6.95. The van der Waals surface area contributed by atoms with Crippen molar-refractivity contribution in [1.29, 1.82) is 0 Å². The zero-order valence-electron chi connectivity index (χ0n) is 10.5. The van der Waals surface area contributed by atoms with Crippen LogP contribution in [0, 0.1) is 0 Å². The van der Waals surface area contributed by atoms with Crippen LogP contribution in [0.2, 0.25) is 32.7 Å². The molecule has 0 aliphatic heterocycles. The topological polar surface area (TPSA) is 0 Å². The second-order valence-electron chi connectivity index (χ2n) is 5.79. The van der Waals surface area contributed by atoms with Gasteiger partial charge in [0.25, 0.3) is 0 Å². The lowest BCUT2D eigenvalue weighted by Gasteiger charge is -2.20. The second-order valence-corrected chi connectivity index (χ2v) is 15.2. The molecule has 82 valence electrons. The van der Waals surface area contributed by atoms with Gasteiger partial charge in [0.2, 0.25) is 0 Å². The van der Waals surface area contributed by atoms with Gasteiger partial charge in [0.15, 0.2) is 0 Å². The van der Waals surface area contributed by atoms with Crippen LogP contribution in [0.5, 0.6) is 0 Å². The summed E-state index contributed by atoms with van der Waals surface area (Å²) >= 11 is 0. The third-order valence-electron chi connectivity index (χ3n) is 2.52. The summed E-state index contributed by atoms with van der Waals surface area (Å²) in [6.07, 6.45) is 0. The summed E-state index contributed by atoms with van der Waals surface area (Å²) in [7, 11) is -2.38. The third-order valence-corrected chi connectivity index (χ3v) is 6.84. The Bertz CT molecular complexity index is 331. The van der Waals surface area contributed by atoms with Gasteiger partial charge in [-0.1, -0.05) is 74.0 Å². The Hall–Kier alpha value is -0.606. The van der Waals surface area contributed by atoms with E-state index in [0.717, 1.165) is 0 Å². The second kappa shape index (κ2) is 4.50. The molecule has 0 atom stereocenters. The van der Waals surface area contributed by atoms with Crippen molar-refractivity contribution >= 4 is 21.3 Å². The van der Waals surface area contributed by atoms with Gasteiger partial charge in [-0.25, -0.2) is 0 Å². The van der Waals surface area contributed by atoms with Crippen molar-refractivity contribution in [2.75, 3.05) is 0 Å². The van der Waals surface area contributed by atoms with E-state index in [1.54, 1.807) is 0 Å². The fourth-order valence-corrected chi connectivity index (χ4v) is 6.33. The summed E-state index contributed by atoms with van der Waals surface area (Å²) in [4.78, 5) is 0. The van der Waals surface area contributed by atoms with Crippen molar-refractivity contribution in [2.24, 2.45) is 0 Å². The Labute approximate surface area is 96.1 Å². The predicted molar refractivity (Wildman–Crippen MR) is 76.0 cm³/mol. The summed E-state index contributed by atoms with van der Waals surface area (Å²) in [6.45, 7) is 12.0. The number of rotatable bonds is 3. The number of hydrogen-bond acceptors (Lipinski definition) is 0. The molecule has 0 spiro atoms. The lowest BCUT2D eigenvalue weighted by molar-refractivity contribution is 1.70. The molecule has 0 nitrogen and oxygen atoms in total. The van der Waals surface area contributed by atoms with E-state index in [2.05, 4.69) is 74.5 Å². The van der Waals surface area contributed by atoms with Gasteiger partial charge in [-0.05, 0) is 0 Å². The van der Waals surface area contributed by atoms with E-state index in [1.807, 2.05) is 0 Å². The van der Waals surface area contributed by atoms with Crippen LogP contribution in [0.15, 0.2) is 41.7 Å². The fourth-order valence-electron chi connectivity index (χ4n) is 1.42. The SMILES string of the molecule is C[Si](C)(C)/C=C/[Si](C)(C)c1ccccc1. The molecule has 1 aromatic carbocycles. The first-order valence-electron chi connectivity index (χ1n) is 5.57. The van der Waals surface area contributed by atoms with Gasteiger partial charge in [0.1, 0.15) is 8.07 Å². The molecule has 0 unspecified atom stereocenters. The molecular weight excluding hydrogens is 212 g/mol. The minimum atomic E-state index is -1.34. The summed E-state index contributed by atoms with van der Waals surface area (Å²) < 4.78 is 0. The van der Waals surface area contributed by atoms with Crippen molar-refractivity contribution in [1.82, 2.24) is 0 Å². The number of benzene rings is 1. The van der Waals surface area contributed by atoms with E-state index < -0.39 is 16.1 Å². The average Bonchev–Trinajstić information content (AvgIpc) is 2.16. The molecule has 1 aromatic rings. The molecule has 15 heavy (non-hydrogen) atoms. The van der Waals surface area contributed by atoms with E-state index in [4.69, 9.17) is 0 Å². The van der Waals surface area contributed by atoms with Gasteiger partial charge in [0.05, 0.1) is 8.07 Å². The van der Waals surface area contributed by atoms with E-state index >= 15 is 0 Å². The van der Waals surface area contributed by atoms with E-state index in [0.29, 0.717) is 0 Å². The van der Waals surface area contributed by atoms with Gasteiger partial charge < -0.3 is 0 Å². The quantitative estimate of drug-likeness (QED) is 0.701. The molecule has 0 aliphatic carbocycles. The van der Waals surface area contributed by atoms with E-state index in [9.17, 15) is 0 Å². The maximum Gasteiger partial charge on any atom is 0.103 e. The summed E-state index contributed by atoms with van der Waals surface area (Å²) in [5.74, 6) is 0. The molecule has 0 radical (unpaired) electrons. The predicted octanol–water partition coefficient (Wildman–Crippen LogP) is 3.57. The van der Waals surface area contributed by atoms with Crippen LogP contribution < -0.4 is 5.19 Å². The van der Waals surface area contributed by atoms with Crippen molar-refractivity contribution in [3.63, 3.8) is 0 Å². The lowest BCUT2D eigenvalue weighted by atomic mass is 10.4. The van der Waals surface area contributed by atoms with Gasteiger partial charge in [0, 0.05) is 0 Å². The van der Waals surface area contributed by atoms with E-state index in [1.165, 1.54) is 5.19 Å². The van der Waals surface area contributed by atoms with Gasteiger partial charge in [-0.15, -0.1) is 5.70 Å². The van der Waals surface area contributed by atoms with Crippen LogP contribution >= 0.6 is 0 Å². The molecule has 0 aromatic heterocycles. The Morgan fingerprint density at radius 3 is 1.80 bits per heavy atom. The van der Waals surface area contributed by atoms with Crippen LogP contribution in [0.4, 0.5) is 0 Å². The molecular formula is C13H22Si2. The van der Waals surface area contributed by atoms with Crippen molar-refractivity contribution < 1.29 is 0 Å². The van der Waals surface area contributed by atoms with Crippen LogP contribution in [0.3, 0.4) is 0 Å². The standard InChI is InChI=1S/C13H22Si2/c1-14(2,3)11-12-15(4,5)13-9-7-6-8-10-13/h6-12H,1-5H3/b12-11+. The smallest absolute Gasteiger partial charge is 0.102 e. The highest BCUT2D eigenvalue weighted by Crippen LogP contribution is 2.09. The van der Waals surface area contributed by atoms with Crippen molar-refractivity contribution in [3.05, 3.63) is 41.7 Å². The van der Waals surface area contributed by atoms with Crippen LogP contribution in [-0.2, 0) is 0 Å². The monoisotopic (exact) mass is 234 g/mol. The van der Waals surface area contributed by atoms with Crippen molar-refractivity contribution in [2.45, 2.75) is 32.7 Å². The summed E-state index contributed by atoms with van der Waals surface area (Å²) in [5, 5.41) is 1.53. The van der Waals surface area contributed by atoms with Crippen LogP contribution in [0.25, 0.3) is 0 Å². The van der Waals surface area contributed by atoms with E-state index in [-0.39, 0.29) is 0 Å². The summed E-state index contributed by atoms with van der Waals surface area (Å²) in [6, 6.07) is 10.9. The van der Waals surface area contributed by atoms with Crippen molar-refractivity contribution in [3.8, 4) is 0 Å². The van der Waals surface area contributed by atoms with Crippen LogP contribution in [0.1, 0.15) is 0 Å². The Morgan fingerprint density at radius 1 is 0.800 bits per heavy atom. The molecule has 0 saturated carbocycles. The molecule has 0 aliphatic rings. The molecule has 0 bridgehead atoms. The zero-order chi connectivity index (χ0) is 11.5. The average molecular weight is 234 g/mol. The minimum absolute atomic E-state index is 1.05. The maximum absolute atomic E-state index is 2.51. The minimum Gasteiger partial charge on any atom is -0.102 e. The third kappa shape index (κ3) is 4.18. The Morgan fingerprint density at radius 2 is 1.33 bits per heavy atom. The molecule has 0 fully saturated rings. The number of hydrogen-bond donors (Lipinski definition) is 0.